The number of rotatable bonds is 4. The van der Waals surface area contributed by atoms with Gasteiger partial charge in [-0.05, 0) is 0 Å². The Morgan fingerprint density at radius 2 is 2.39 bits per heavy atom. The highest BCUT2D eigenvalue weighted by Crippen LogP contribution is 2.17. The van der Waals surface area contributed by atoms with E-state index in [-0.39, 0.29) is 25.5 Å². The van der Waals surface area contributed by atoms with Crippen molar-refractivity contribution < 1.29 is 18.7 Å². The lowest BCUT2D eigenvalue weighted by Crippen LogP contribution is -2.67. The molecule has 2 N–H and O–H groups in total. The Bertz CT molecular complexity index is 445. The second-order valence-electron chi connectivity index (χ2n) is 4.32. The number of halogens is 2. The normalized spacial score (nSPS) is 17.6. The van der Waals surface area contributed by atoms with Crippen molar-refractivity contribution in [1.29, 1.82) is 0 Å². The molecule has 2 rings (SSSR count). The molecule has 1 aromatic heterocycles. The second kappa shape index (κ2) is 4.62. The number of hydrogen-bond acceptors (Lipinski definition) is 4. The maximum atomic E-state index is 12.6. The lowest BCUT2D eigenvalue weighted by Gasteiger charge is -2.38. The van der Waals surface area contributed by atoms with Crippen LogP contribution >= 0.6 is 0 Å². The molecule has 0 saturated carbocycles. The van der Waals surface area contributed by atoms with E-state index in [1.807, 2.05) is 0 Å². The number of carbonyl (C=O) groups excluding carboxylic acids is 1. The van der Waals surface area contributed by atoms with Gasteiger partial charge in [0.15, 0.2) is 5.60 Å². The molecule has 2 heterocycles. The molecule has 1 amide bonds. The summed E-state index contributed by atoms with van der Waals surface area (Å²) >= 11 is 0. The summed E-state index contributed by atoms with van der Waals surface area (Å²) in [7, 11) is 1.45. The Balaban J connectivity index is 2.04. The van der Waals surface area contributed by atoms with Gasteiger partial charge in [0.2, 0.25) is 0 Å². The van der Waals surface area contributed by atoms with Crippen molar-refractivity contribution in [1.82, 2.24) is 19.8 Å². The molecule has 1 saturated heterocycles. The van der Waals surface area contributed by atoms with Crippen LogP contribution in [0.1, 0.15) is 12.4 Å². The summed E-state index contributed by atoms with van der Waals surface area (Å²) in [5.74, 6) is -0.415. The topological polar surface area (TPSA) is 70.4 Å². The number of alkyl halides is 2. The van der Waals surface area contributed by atoms with Crippen LogP contribution in [0, 0.1) is 0 Å². The number of amides is 1. The van der Waals surface area contributed by atoms with E-state index in [1.165, 1.54) is 18.1 Å². The standard InChI is InChI=1S/C10H14F2N4O2/c1-15(8(17)10(18)5-13-6-10)4-7-14-2-3-16(7)9(11)12/h2-3,9,13,18H,4-6H2,1H3. The number of carbonyl (C=O) groups is 1. The summed E-state index contributed by atoms with van der Waals surface area (Å²) in [5, 5.41) is 12.6. The SMILES string of the molecule is CN(Cc1nccn1C(F)F)C(=O)C1(O)CNC1. The van der Waals surface area contributed by atoms with E-state index in [9.17, 15) is 18.7 Å². The highest BCUT2D eigenvalue weighted by Gasteiger charge is 2.44. The highest BCUT2D eigenvalue weighted by molar-refractivity contribution is 5.86. The van der Waals surface area contributed by atoms with Crippen LogP contribution in [0.5, 0.6) is 0 Å². The smallest absolute Gasteiger partial charge is 0.319 e. The molecule has 18 heavy (non-hydrogen) atoms. The Morgan fingerprint density at radius 1 is 1.72 bits per heavy atom. The van der Waals surface area contributed by atoms with Crippen LogP contribution in [0.25, 0.3) is 0 Å². The largest absolute Gasteiger partial charge is 0.377 e. The Hall–Kier alpha value is -1.54. The number of aliphatic hydroxyl groups is 1. The minimum Gasteiger partial charge on any atom is -0.377 e. The Kier molecular flexibility index (Phi) is 3.31. The van der Waals surface area contributed by atoms with Crippen LogP contribution in [0.15, 0.2) is 12.4 Å². The van der Waals surface area contributed by atoms with E-state index in [2.05, 4.69) is 10.3 Å². The molecule has 0 spiro atoms. The molecule has 0 aliphatic carbocycles. The van der Waals surface area contributed by atoms with Gasteiger partial charge in [-0.1, -0.05) is 0 Å². The summed E-state index contributed by atoms with van der Waals surface area (Å²) in [6.45, 7) is -2.41. The van der Waals surface area contributed by atoms with Crippen molar-refractivity contribution >= 4 is 5.91 Å². The molecule has 0 unspecified atom stereocenters. The summed E-state index contributed by atoms with van der Waals surface area (Å²) in [6, 6.07) is 0. The van der Waals surface area contributed by atoms with Crippen LogP contribution in [0.2, 0.25) is 0 Å². The molecule has 1 aliphatic heterocycles. The number of aromatic nitrogens is 2. The molecule has 0 radical (unpaired) electrons. The maximum Gasteiger partial charge on any atom is 0.319 e. The fourth-order valence-corrected chi connectivity index (χ4v) is 1.80. The van der Waals surface area contributed by atoms with Gasteiger partial charge in [0.25, 0.3) is 5.91 Å². The molecule has 1 aromatic rings. The molecule has 1 aliphatic rings. The number of hydrogen-bond donors (Lipinski definition) is 2. The second-order valence-corrected chi connectivity index (χ2v) is 4.32. The lowest BCUT2D eigenvalue weighted by atomic mass is 9.95. The van der Waals surface area contributed by atoms with Gasteiger partial charge in [-0.2, -0.15) is 8.78 Å². The fourth-order valence-electron chi connectivity index (χ4n) is 1.80. The van der Waals surface area contributed by atoms with Crippen LogP contribution in [0.4, 0.5) is 8.78 Å². The Morgan fingerprint density at radius 3 is 2.89 bits per heavy atom. The fraction of sp³-hybridized carbons (Fsp3) is 0.600. The highest BCUT2D eigenvalue weighted by atomic mass is 19.3. The van der Waals surface area contributed by atoms with Crippen molar-refractivity contribution in [2.75, 3.05) is 20.1 Å². The average Bonchev–Trinajstić information content (AvgIpc) is 2.73. The van der Waals surface area contributed by atoms with Gasteiger partial charge >= 0.3 is 6.55 Å². The first-order valence-corrected chi connectivity index (χ1v) is 5.42. The molecular weight excluding hydrogens is 246 g/mol. The minimum atomic E-state index is -2.69. The number of likely N-dealkylation sites (N-methyl/N-ethyl adjacent to an activating group) is 1. The van der Waals surface area contributed by atoms with Gasteiger partial charge in [-0.15, -0.1) is 0 Å². The van der Waals surface area contributed by atoms with Gasteiger partial charge in [0.1, 0.15) is 5.82 Å². The molecule has 8 heteroatoms. The van der Waals surface area contributed by atoms with Crippen LogP contribution in [0.3, 0.4) is 0 Å². The first-order valence-electron chi connectivity index (χ1n) is 5.42. The predicted octanol–water partition coefficient (Wildman–Crippen LogP) is -0.429. The van der Waals surface area contributed by atoms with Crippen molar-refractivity contribution in [2.24, 2.45) is 0 Å². The molecular formula is C10H14F2N4O2. The van der Waals surface area contributed by atoms with Gasteiger partial charge in [0, 0.05) is 32.5 Å². The van der Waals surface area contributed by atoms with E-state index in [0.29, 0.717) is 4.57 Å². The summed E-state index contributed by atoms with van der Waals surface area (Å²) in [5.41, 5.74) is -1.42. The van der Waals surface area contributed by atoms with E-state index >= 15 is 0 Å². The van der Waals surface area contributed by atoms with Crippen molar-refractivity contribution in [3.63, 3.8) is 0 Å². The third kappa shape index (κ3) is 2.21. The van der Waals surface area contributed by atoms with Gasteiger partial charge in [-0.3, -0.25) is 9.36 Å². The van der Waals surface area contributed by atoms with Crippen molar-refractivity contribution in [3.8, 4) is 0 Å². The molecule has 6 nitrogen and oxygen atoms in total. The third-order valence-corrected chi connectivity index (χ3v) is 2.92. The zero-order valence-electron chi connectivity index (χ0n) is 9.81. The zero-order valence-corrected chi connectivity index (χ0v) is 9.81. The minimum absolute atomic E-state index is 0.0709. The molecule has 0 aromatic carbocycles. The first kappa shape index (κ1) is 12.9. The number of nitrogens with one attached hydrogen (secondary N) is 1. The summed E-state index contributed by atoms with van der Waals surface area (Å²) in [6.07, 6.45) is 2.40. The number of nitrogens with zero attached hydrogens (tertiary/aromatic N) is 3. The van der Waals surface area contributed by atoms with Crippen molar-refractivity contribution in [3.05, 3.63) is 18.2 Å². The first-order chi connectivity index (χ1) is 8.44. The molecule has 0 atom stereocenters. The van der Waals surface area contributed by atoms with E-state index in [1.54, 1.807) is 0 Å². The zero-order chi connectivity index (χ0) is 13.3. The lowest BCUT2D eigenvalue weighted by molar-refractivity contribution is -0.155. The van der Waals surface area contributed by atoms with Gasteiger partial charge in [-0.25, -0.2) is 4.98 Å². The maximum absolute atomic E-state index is 12.6. The predicted molar refractivity (Wildman–Crippen MR) is 57.8 cm³/mol. The summed E-state index contributed by atoms with van der Waals surface area (Å²) < 4.78 is 25.9. The summed E-state index contributed by atoms with van der Waals surface area (Å²) in [4.78, 5) is 16.8. The van der Waals surface area contributed by atoms with Gasteiger partial charge < -0.3 is 15.3 Å². The van der Waals surface area contributed by atoms with Crippen LogP contribution in [-0.4, -0.2) is 51.2 Å². The van der Waals surface area contributed by atoms with E-state index in [0.717, 1.165) is 6.20 Å². The molecule has 0 bridgehead atoms. The third-order valence-electron chi connectivity index (χ3n) is 2.92. The van der Waals surface area contributed by atoms with Gasteiger partial charge in [0.05, 0.1) is 6.54 Å². The number of imidazole rings is 1. The Labute approximate surface area is 102 Å². The van der Waals surface area contributed by atoms with E-state index in [4.69, 9.17) is 0 Å². The van der Waals surface area contributed by atoms with E-state index < -0.39 is 18.1 Å². The number of β-amino-alcohol motifs (C(OH)–C–C–N with tert-alkyl or cyclic N) is 1. The molecule has 1 fully saturated rings. The monoisotopic (exact) mass is 260 g/mol. The molecule has 100 valence electrons. The van der Waals surface area contributed by atoms with Crippen molar-refractivity contribution in [2.45, 2.75) is 18.7 Å². The average molecular weight is 260 g/mol. The van der Waals surface area contributed by atoms with Crippen LogP contribution < -0.4 is 5.32 Å². The van der Waals surface area contributed by atoms with Crippen LogP contribution in [-0.2, 0) is 11.3 Å². The quantitative estimate of drug-likeness (QED) is 0.770.